The van der Waals surface area contributed by atoms with E-state index in [1.54, 1.807) is 12.1 Å². The zero-order chi connectivity index (χ0) is 15.4. The molecular formula is C16H18N2O3. The third-order valence-corrected chi connectivity index (χ3v) is 3.08. The molecule has 1 N–H and O–H groups in total. The molecule has 0 aliphatic heterocycles. The lowest BCUT2D eigenvalue weighted by Crippen LogP contribution is -2.31. The number of nitrogens with one attached hydrogen (secondary N) is 1. The Kier molecular flexibility index (Phi) is 4.42. The quantitative estimate of drug-likeness (QED) is 0.692. The molecule has 0 saturated carbocycles. The van der Waals surface area contributed by atoms with Crippen LogP contribution in [0.15, 0.2) is 36.5 Å². The number of carbonyl (C=O) groups is 1. The van der Waals surface area contributed by atoms with Crippen LogP contribution >= 0.6 is 0 Å². The molecule has 1 aromatic heterocycles. The number of ether oxygens (including phenoxy) is 1. The summed E-state index contributed by atoms with van der Waals surface area (Å²) in [7, 11) is 0. The maximum absolute atomic E-state index is 11.9. The fourth-order valence-electron chi connectivity index (χ4n) is 2.22. The van der Waals surface area contributed by atoms with Gasteiger partial charge >= 0.3 is 5.88 Å². The number of carbonyl (C=O) groups excluding carboxylic acids is 1. The van der Waals surface area contributed by atoms with Gasteiger partial charge in [0, 0.05) is 11.8 Å². The van der Waals surface area contributed by atoms with Gasteiger partial charge in [-0.3, -0.25) is 4.79 Å². The average molecular weight is 286 g/mol. The Balaban J connectivity index is 2.01. The lowest BCUT2D eigenvalue weighted by molar-refractivity contribution is -0.612. The maximum Gasteiger partial charge on any atom is 0.379 e. The van der Waals surface area contributed by atoms with Crippen molar-refractivity contribution in [3.63, 3.8) is 0 Å². The van der Waals surface area contributed by atoms with Gasteiger partial charge in [0.15, 0.2) is 12.8 Å². The molecule has 0 bridgehead atoms. The second kappa shape index (κ2) is 6.26. The summed E-state index contributed by atoms with van der Waals surface area (Å²) in [6.07, 6.45) is 1.32. The van der Waals surface area contributed by atoms with Crippen molar-refractivity contribution >= 4 is 11.6 Å². The zero-order valence-corrected chi connectivity index (χ0v) is 12.3. The molecular weight excluding hydrogens is 268 g/mol. The molecule has 1 heterocycles. The number of benzene rings is 1. The normalized spacial score (nSPS) is 10.2. The smallest absolute Gasteiger partial charge is 0.379 e. The summed E-state index contributed by atoms with van der Waals surface area (Å²) >= 11 is 0. The van der Waals surface area contributed by atoms with E-state index in [1.807, 2.05) is 32.9 Å². The number of rotatable bonds is 4. The number of hydrogen-bond donors (Lipinski definition) is 1. The molecule has 0 spiro atoms. The molecule has 0 aliphatic rings. The van der Waals surface area contributed by atoms with Crippen molar-refractivity contribution in [1.82, 2.24) is 0 Å². The minimum Gasteiger partial charge on any atom is -0.616 e. The molecule has 0 fully saturated rings. The van der Waals surface area contributed by atoms with Crippen molar-refractivity contribution in [3.05, 3.63) is 58.4 Å². The van der Waals surface area contributed by atoms with E-state index in [0.717, 1.165) is 22.4 Å². The van der Waals surface area contributed by atoms with Crippen LogP contribution in [-0.4, -0.2) is 12.5 Å². The predicted octanol–water partition coefficient (Wildman–Crippen LogP) is 2.26. The fourth-order valence-corrected chi connectivity index (χ4v) is 2.22. The molecule has 0 unspecified atom stereocenters. The number of aryl methyl sites for hydroxylation is 3. The number of nitrogens with zero attached hydrogens (tertiary/aromatic N) is 1. The van der Waals surface area contributed by atoms with Gasteiger partial charge in [0.05, 0.1) is 6.07 Å². The van der Waals surface area contributed by atoms with Crippen LogP contribution in [0.5, 0.6) is 5.88 Å². The third kappa shape index (κ3) is 3.72. The van der Waals surface area contributed by atoms with Gasteiger partial charge in [-0.05, 0) is 38.0 Å². The van der Waals surface area contributed by atoms with Crippen molar-refractivity contribution in [3.8, 4) is 5.88 Å². The standard InChI is InChI=1S/C16H18N2O3/c1-11-8-12(2)16(13(3)9-11)17-14(19)10-21-15-6-4-5-7-18(15)20/h4-9H,10H2,1-3H3,(H,17,19). The Hall–Kier alpha value is -2.56. The molecule has 5 heteroatoms. The predicted molar refractivity (Wildman–Crippen MR) is 80.2 cm³/mol. The van der Waals surface area contributed by atoms with Crippen molar-refractivity contribution in [2.24, 2.45) is 0 Å². The van der Waals surface area contributed by atoms with Crippen molar-refractivity contribution in [2.75, 3.05) is 11.9 Å². The Bertz CT molecular complexity index is 645. The monoisotopic (exact) mass is 286 g/mol. The highest BCUT2D eigenvalue weighted by Crippen LogP contribution is 2.21. The van der Waals surface area contributed by atoms with Gasteiger partial charge in [0.25, 0.3) is 5.91 Å². The summed E-state index contributed by atoms with van der Waals surface area (Å²) in [5.41, 5.74) is 3.94. The summed E-state index contributed by atoms with van der Waals surface area (Å²) in [5, 5.41) is 14.2. The van der Waals surface area contributed by atoms with Gasteiger partial charge < -0.3 is 15.3 Å². The number of hydrogen-bond acceptors (Lipinski definition) is 3. The van der Waals surface area contributed by atoms with E-state index in [2.05, 4.69) is 5.32 Å². The van der Waals surface area contributed by atoms with Gasteiger partial charge in [-0.2, -0.15) is 0 Å². The van der Waals surface area contributed by atoms with E-state index in [-0.39, 0.29) is 18.4 Å². The summed E-state index contributed by atoms with van der Waals surface area (Å²) in [6.45, 7) is 5.69. The zero-order valence-electron chi connectivity index (χ0n) is 12.3. The van der Waals surface area contributed by atoms with E-state index in [9.17, 15) is 10.0 Å². The average Bonchev–Trinajstić information content (AvgIpc) is 2.42. The number of pyridine rings is 1. The fraction of sp³-hybridized carbons (Fsp3) is 0.250. The number of amides is 1. The molecule has 1 amide bonds. The Morgan fingerprint density at radius 2 is 1.90 bits per heavy atom. The van der Waals surface area contributed by atoms with E-state index in [0.29, 0.717) is 4.73 Å². The second-order valence-electron chi connectivity index (χ2n) is 4.98. The first-order valence-electron chi connectivity index (χ1n) is 6.66. The Morgan fingerprint density at radius 3 is 2.52 bits per heavy atom. The maximum atomic E-state index is 11.9. The summed E-state index contributed by atoms with van der Waals surface area (Å²) in [5.74, 6) is -0.195. The molecule has 0 saturated heterocycles. The van der Waals surface area contributed by atoms with Crippen LogP contribution < -0.4 is 14.8 Å². The van der Waals surface area contributed by atoms with Crippen molar-refractivity contribution < 1.29 is 14.3 Å². The van der Waals surface area contributed by atoms with E-state index < -0.39 is 0 Å². The van der Waals surface area contributed by atoms with Gasteiger partial charge in [-0.25, -0.2) is 0 Å². The summed E-state index contributed by atoms with van der Waals surface area (Å²) < 4.78 is 5.79. The number of aromatic nitrogens is 1. The van der Waals surface area contributed by atoms with Gasteiger partial charge in [-0.1, -0.05) is 17.7 Å². The van der Waals surface area contributed by atoms with Crippen LogP contribution in [0.4, 0.5) is 5.69 Å². The molecule has 110 valence electrons. The molecule has 0 radical (unpaired) electrons. The summed E-state index contributed by atoms with van der Waals surface area (Å²) in [4.78, 5) is 11.9. The van der Waals surface area contributed by atoms with Crippen LogP contribution in [0.1, 0.15) is 16.7 Å². The van der Waals surface area contributed by atoms with Gasteiger partial charge in [-0.15, -0.1) is 4.73 Å². The Labute approximate surface area is 123 Å². The summed E-state index contributed by atoms with van der Waals surface area (Å²) in [6, 6.07) is 8.80. The SMILES string of the molecule is Cc1cc(C)c(NC(=O)COc2cccc[n+]2[O-])c(C)c1. The van der Waals surface area contributed by atoms with Crippen LogP contribution in [-0.2, 0) is 4.79 Å². The van der Waals surface area contributed by atoms with Crippen molar-refractivity contribution in [1.29, 1.82) is 0 Å². The molecule has 2 rings (SSSR count). The lowest BCUT2D eigenvalue weighted by atomic mass is 10.1. The lowest BCUT2D eigenvalue weighted by Gasteiger charge is -2.13. The molecule has 5 nitrogen and oxygen atoms in total. The highest BCUT2D eigenvalue weighted by atomic mass is 16.6. The van der Waals surface area contributed by atoms with Gasteiger partial charge in [0.1, 0.15) is 0 Å². The largest absolute Gasteiger partial charge is 0.616 e. The van der Waals surface area contributed by atoms with Crippen molar-refractivity contribution in [2.45, 2.75) is 20.8 Å². The van der Waals surface area contributed by atoms with Gasteiger partial charge in [0.2, 0.25) is 0 Å². The topological polar surface area (TPSA) is 65.3 Å². The van der Waals surface area contributed by atoms with Crippen LogP contribution in [0.3, 0.4) is 0 Å². The first-order chi connectivity index (χ1) is 9.97. The van der Waals surface area contributed by atoms with E-state index in [1.165, 1.54) is 12.3 Å². The minimum absolute atomic E-state index is 0.102. The molecule has 1 aromatic carbocycles. The van der Waals surface area contributed by atoms with Crippen LogP contribution in [0.2, 0.25) is 0 Å². The minimum atomic E-state index is -0.297. The first kappa shape index (κ1) is 14.8. The number of anilines is 1. The van der Waals surface area contributed by atoms with E-state index >= 15 is 0 Å². The van der Waals surface area contributed by atoms with Crippen LogP contribution in [0, 0.1) is 26.0 Å². The molecule has 0 aliphatic carbocycles. The molecule has 2 aromatic rings. The molecule has 21 heavy (non-hydrogen) atoms. The van der Waals surface area contributed by atoms with Crippen LogP contribution in [0.25, 0.3) is 0 Å². The Morgan fingerprint density at radius 1 is 1.24 bits per heavy atom. The molecule has 0 atom stereocenters. The second-order valence-corrected chi connectivity index (χ2v) is 4.98. The van der Waals surface area contributed by atoms with E-state index in [4.69, 9.17) is 4.74 Å². The first-order valence-corrected chi connectivity index (χ1v) is 6.66. The highest BCUT2D eigenvalue weighted by molar-refractivity contribution is 5.93. The highest BCUT2D eigenvalue weighted by Gasteiger charge is 2.11. The third-order valence-electron chi connectivity index (χ3n) is 3.08.